The summed E-state index contributed by atoms with van der Waals surface area (Å²) in [5.41, 5.74) is 0.555. The predicted octanol–water partition coefficient (Wildman–Crippen LogP) is 3.45. The SMILES string of the molecule is CC(C)(C)NC(=O)c1ccc(CN2C(=O)CSc3ccccc32)o1. The molecule has 24 heavy (non-hydrogen) atoms. The van der Waals surface area contributed by atoms with Gasteiger partial charge in [0.2, 0.25) is 5.91 Å². The molecule has 1 aromatic heterocycles. The third-order valence-corrected chi connectivity index (χ3v) is 4.54. The lowest BCUT2D eigenvalue weighted by molar-refractivity contribution is -0.116. The first-order valence-electron chi connectivity index (χ1n) is 7.77. The zero-order chi connectivity index (χ0) is 17.3. The van der Waals surface area contributed by atoms with E-state index in [9.17, 15) is 9.59 Å². The van der Waals surface area contributed by atoms with Crippen LogP contribution in [0.4, 0.5) is 5.69 Å². The summed E-state index contributed by atoms with van der Waals surface area (Å²) in [4.78, 5) is 27.2. The normalized spacial score (nSPS) is 14.5. The van der Waals surface area contributed by atoms with E-state index in [4.69, 9.17) is 4.42 Å². The molecule has 3 rings (SSSR count). The number of hydrogen-bond donors (Lipinski definition) is 1. The van der Waals surface area contributed by atoms with Gasteiger partial charge in [0.05, 0.1) is 18.0 Å². The van der Waals surface area contributed by atoms with Gasteiger partial charge in [0.15, 0.2) is 5.76 Å². The molecule has 2 heterocycles. The second kappa shape index (κ2) is 6.36. The molecule has 0 radical (unpaired) electrons. The number of carbonyl (C=O) groups is 2. The molecule has 2 aromatic rings. The van der Waals surface area contributed by atoms with Crippen molar-refractivity contribution in [3.8, 4) is 0 Å². The highest BCUT2D eigenvalue weighted by Gasteiger charge is 2.26. The lowest BCUT2D eigenvalue weighted by Gasteiger charge is -2.28. The van der Waals surface area contributed by atoms with Gasteiger partial charge < -0.3 is 14.6 Å². The molecule has 5 nitrogen and oxygen atoms in total. The van der Waals surface area contributed by atoms with Gasteiger partial charge in [0.1, 0.15) is 5.76 Å². The van der Waals surface area contributed by atoms with Crippen LogP contribution in [0.1, 0.15) is 37.1 Å². The number of benzene rings is 1. The van der Waals surface area contributed by atoms with E-state index in [1.54, 1.807) is 28.8 Å². The van der Waals surface area contributed by atoms with E-state index in [2.05, 4.69) is 5.32 Å². The highest BCUT2D eigenvalue weighted by molar-refractivity contribution is 8.00. The average molecular weight is 344 g/mol. The summed E-state index contributed by atoms with van der Waals surface area (Å²) in [5.74, 6) is 1.04. The summed E-state index contributed by atoms with van der Waals surface area (Å²) >= 11 is 1.54. The topological polar surface area (TPSA) is 62.6 Å². The number of furan rings is 1. The molecule has 0 aliphatic carbocycles. The molecule has 0 atom stereocenters. The van der Waals surface area contributed by atoms with Crippen molar-refractivity contribution in [1.82, 2.24) is 5.32 Å². The molecule has 0 fully saturated rings. The molecule has 1 N–H and O–H groups in total. The quantitative estimate of drug-likeness (QED) is 0.926. The number of thioether (sulfide) groups is 1. The fourth-order valence-electron chi connectivity index (χ4n) is 2.47. The molecule has 126 valence electrons. The van der Waals surface area contributed by atoms with Crippen molar-refractivity contribution in [3.05, 3.63) is 47.9 Å². The van der Waals surface area contributed by atoms with Crippen LogP contribution in [0.25, 0.3) is 0 Å². The standard InChI is InChI=1S/C18H20N2O3S/c1-18(2,3)19-17(22)14-9-8-12(23-14)10-20-13-6-4-5-7-15(13)24-11-16(20)21/h4-9H,10-11H2,1-3H3,(H,19,22). The Morgan fingerprint density at radius 2 is 2.00 bits per heavy atom. The predicted molar refractivity (Wildman–Crippen MR) is 94.3 cm³/mol. The second-order valence-corrected chi connectivity index (χ2v) is 7.72. The average Bonchev–Trinajstić information content (AvgIpc) is 2.97. The molecule has 1 aromatic carbocycles. The molecule has 0 bridgehead atoms. The Morgan fingerprint density at radius 3 is 2.75 bits per heavy atom. The Kier molecular flexibility index (Phi) is 4.41. The zero-order valence-corrected chi connectivity index (χ0v) is 14.8. The maximum atomic E-state index is 12.3. The minimum absolute atomic E-state index is 0.0378. The van der Waals surface area contributed by atoms with Gasteiger partial charge in [-0.2, -0.15) is 0 Å². The van der Waals surface area contributed by atoms with Gasteiger partial charge in [-0.1, -0.05) is 12.1 Å². The second-order valence-electron chi connectivity index (χ2n) is 6.71. The first-order valence-corrected chi connectivity index (χ1v) is 8.75. The molecule has 0 unspecified atom stereocenters. The van der Waals surface area contributed by atoms with Gasteiger partial charge in [-0.25, -0.2) is 0 Å². The minimum atomic E-state index is -0.330. The molecule has 0 spiro atoms. The van der Waals surface area contributed by atoms with Crippen LogP contribution >= 0.6 is 11.8 Å². The van der Waals surface area contributed by atoms with Crippen molar-refractivity contribution < 1.29 is 14.0 Å². The number of fused-ring (bicyclic) bond motifs is 1. The number of carbonyl (C=O) groups excluding carboxylic acids is 2. The van der Waals surface area contributed by atoms with Gasteiger partial charge in [-0.3, -0.25) is 9.59 Å². The molecule has 2 amide bonds. The van der Waals surface area contributed by atoms with E-state index in [-0.39, 0.29) is 23.1 Å². The monoisotopic (exact) mass is 344 g/mol. The highest BCUT2D eigenvalue weighted by Crippen LogP contribution is 2.35. The molecule has 0 saturated heterocycles. The van der Waals surface area contributed by atoms with Crippen LogP contribution in [0.15, 0.2) is 45.7 Å². The number of anilines is 1. The lowest BCUT2D eigenvalue weighted by Crippen LogP contribution is -2.40. The van der Waals surface area contributed by atoms with Gasteiger partial charge in [-0.15, -0.1) is 11.8 Å². The summed E-state index contributed by atoms with van der Waals surface area (Å²) in [6.45, 7) is 6.06. The van der Waals surface area contributed by atoms with Crippen molar-refractivity contribution in [3.63, 3.8) is 0 Å². The maximum Gasteiger partial charge on any atom is 0.287 e. The molecule has 0 saturated carbocycles. The number of nitrogens with one attached hydrogen (secondary N) is 1. The number of para-hydroxylation sites is 1. The van der Waals surface area contributed by atoms with Gasteiger partial charge in [0, 0.05) is 10.4 Å². The zero-order valence-electron chi connectivity index (χ0n) is 14.0. The van der Waals surface area contributed by atoms with Crippen molar-refractivity contribution in [2.75, 3.05) is 10.7 Å². The van der Waals surface area contributed by atoms with Crippen LogP contribution < -0.4 is 10.2 Å². The summed E-state index contributed by atoms with van der Waals surface area (Å²) < 4.78 is 5.64. The lowest BCUT2D eigenvalue weighted by atomic mass is 10.1. The molecule has 1 aliphatic rings. The first-order chi connectivity index (χ1) is 11.3. The van der Waals surface area contributed by atoms with E-state index in [0.717, 1.165) is 10.6 Å². The van der Waals surface area contributed by atoms with Crippen molar-refractivity contribution >= 4 is 29.3 Å². The Labute approximate surface area is 145 Å². The number of hydrogen-bond acceptors (Lipinski definition) is 4. The Bertz CT molecular complexity index is 777. The van der Waals surface area contributed by atoms with Crippen LogP contribution in [0, 0.1) is 0 Å². The van der Waals surface area contributed by atoms with Crippen LogP contribution in [0.2, 0.25) is 0 Å². The van der Waals surface area contributed by atoms with E-state index in [0.29, 0.717) is 18.1 Å². The maximum absolute atomic E-state index is 12.3. The molecule has 6 heteroatoms. The third-order valence-electron chi connectivity index (χ3n) is 3.50. The third kappa shape index (κ3) is 3.64. The van der Waals surface area contributed by atoms with Crippen LogP contribution in [-0.4, -0.2) is 23.1 Å². The number of amides is 2. The fourth-order valence-corrected chi connectivity index (χ4v) is 3.41. The van der Waals surface area contributed by atoms with E-state index in [1.807, 2.05) is 45.0 Å². The van der Waals surface area contributed by atoms with Gasteiger partial charge >= 0.3 is 0 Å². The van der Waals surface area contributed by atoms with E-state index in [1.165, 1.54) is 0 Å². The first kappa shape index (κ1) is 16.6. The van der Waals surface area contributed by atoms with Crippen LogP contribution in [0.5, 0.6) is 0 Å². The van der Waals surface area contributed by atoms with E-state index >= 15 is 0 Å². The van der Waals surface area contributed by atoms with Crippen molar-refractivity contribution in [1.29, 1.82) is 0 Å². The Balaban J connectivity index is 1.78. The van der Waals surface area contributed by atoms with Crippen molar-refractivity contribution in [2.45, 2.75) is 37.8 Å². The fraction of sp³-hybridized carbons (Fsp3) is 0.333. The van der Waals surface area contributed by atoms with Crippen molar-refractivity contribution in [2.24, 2.45) is 0 Å². The summed E-state index contributed by atoms with van der Waals surface area (Å²) in [6.07, 6.45) is 0. The van der Waals surface area contributed by atoms with Crippen LogP contribution in [0.3, 0.4) is 0 Å². The number of rotatable bonds is 3. The minimum Gasteiger partial charge on any atom is -0.454 e. The summed E-state index contributed by atoms with van der Waals surface area (Å²) in [5, 5.41) is 2.86. The molecular formula is C18H20N2O3S. The van der Waals surface area contributed by atoms with Crippen LogP contribution in [-0.2, 0) is 11.3 Å². The smallest absolute Gasteiger partial charge is 0.287 e. The largest absolute Gasteiger partial charge is 0.454 e. The Morgan fingerprint density at radius 1 is 1.25 bits per heavy atom. The number of nitrogens with zero attached hydrogens (tertiary/aromatic N) is 1. The van der Waals surface area contributed by atoms with Gasteiger partial charge in [0.25, 0.3) is 5.91 Å². The Hall–Kier alpha value is -2.21. The highest BCUT2D eigenvalue weighted by atomic mass is 32.2. The summed E-state index contributed by atoms with van der Waals surface area (Å²) in [6, 6.07) is 11.2. The molecule has 1 aliphatic heterocycles. The van der Waals surface area contributed by atoms with E-state index < -0.39 is 0 Å². The molecular weight excluding hydrogens is 324 g/mol. The summed E-state index contributed by atoms with van der Waals surface area (Å²) in [7, 11) is 0. The van der Waals surface area contributed by atoms with Gasteiger partial charge in [-0.05, 0) is 45.0 Å².